The van der Waals surface area contributed by atoms with Crippen LogP contribution in [-0.4, -0.2) is 30.9 Å². The molecule has 0 unspecified atom stereocenters. The lowest BCUT2D eigenvalue weighted by Crippen LogP contribution is -2.11. The first-order valence-electron chi connectivity index (χ1n) is 19.0. The third kappa shape index (κ3) is 10.4. The molecule has 0 aliphatic heterocycles. The van der Waals surface area contributed by atoms with Crippen LogP contribution >= 0.6 is 0 Å². The maximum Gasteiger partial charge on any atom is 0.330 e. The van der Waals surface area contributed by atoms with Gasteiger partial charge < -0.3 is 19.3 Å². The molecule has 0 bridgehead atoms. The smallest absolute Gasteiger partial charge is 0.330 e. The normalized spacial score (nSPS) is 10.6. The first-order chi connectivity index (χ1) is 27.7. The number of hydrogen-bond acceptors (Lipinski definition) is 7. The minimum absolute atomic E-state index is 0.00903. The predicted molar refractivity (Wildman–Crippen MR) is 230 cm³/mol. The number of nitrogens with zero attached hydrogens (tertiary/aromatic N) is 2. The van der Waals surface area contributed by atoms with Crippen molar-refractivity contribution in [1.82, 2.24) is 0 Å². The number of benzene rings is 6. The standard InChI is InChI=1S/C50H46N2O5/c1-5-49(54)56-34-7-8-38-13-25-44(26-14-38)51(42-21-9-36(3)10-22-42)45-27-15-39(16-28-45)40-17-29-46(30-18-40)52(43-23-11-37(4)12-24-43)47-31-19-41(20-32-47)48(53)33-35-57-50(55)6-2/h5-6,9-32H,1-2,7-8,33-35H2,3-4H3. The summed E-state index contributed by atoms with van der Waals surface area (Å²) in [4.78, 5) is 39.9. The third-order valence-electron chi connectivity index (χ3n) is 9.57. The van der Waals surface area contributed by atoms with Crippen molar-refractivity contribution in [3.63, 3.8) is 0 Å². The Balaban J connectivity index is 1.21. The number of hydrogen-bond donors (Lipinski definition) is 0. The van der Waals surface area contributed by atoms with Crippen LogP contribution < -0.4 is 9.80 Å². The van der Waals surface area contributed by atoms with E-state index in [0.717, 1.165) is 69.7 Å². The van der Waals surface area contributed by atoms with Gasteiger partial charge in [0.1, 0.15) is 0 Å². The number of aryl methyl sites for hydroxylation is 3. The fraction of sp³-hybridized carbons (Fsp3) is 0.140. The first kappa shape index (κ1) is 39.7. The second-order valence-corrected chi connectivity index (χ2v) is 13.7. The summed E-state index contributed by atoms with van der Waals surface area (Å²) < 4.78 is 10.1. The Labute approximate surface area is 335 Å². The Morgan fingerprint density at radius 1 is 0.491 bits per heavy atom. The van der Waals surface area contributed by atoms with Crippen molar-refractivity contribution in [2.45, 2.75) is 33.1 Å². The van der Waals surface area contributed by atoms with E-state index in [4.69, 9.17) is 9.47 Å². The SMILES string of the molecule is C=CC(=O)OCCCc1ccc(N(c2ccc(C)cc2)c2ccc(-c3ccc(N(c4ccc(C)cc4)c4ccc(C(=O)CCOC(=O)C=C)cc4)cc3)cc2)cc1. The van der Waals surface area contributed by atoms with E-state index in [2.05, 4.69) is 158 Å². The molecule has 286 valence electrons. The van der Waals surface area contributed by atoms with Gasteiger partial charge in [-0.25, -0.2) is 9.59 Å². The maximum absolute atomic E-state index is 12.8. The van der Waals surface area contributed by atoms with Crippen LogP contribution in [0, 0.1) is 13.8 Å². The van der Waals surface area contributed by atoms with E-state index < -0.39 is 11.9 Å². The van der Waals surface area contributed by atoms with Crippen molar-refractivity contribution in [3.05, 3.63) is 193 Å². The van der Waals surface area contributed by atoms with Gasteiger partial charge >= 0.3 is 11.9 Å². The molecule has 0 aliphatic carbocycles. The summed E-state index contributed by atoms with van der Waals surface area (Å²) in [6, 6.07) is 50.0. The molecule has 0 atom stereocenters. The first-order valence-corrected chi connectivity index (χ1v) is 19.0. The van der Waals surface area contributed by atoms with Crippen LogP contribution in [0.4, 0.5) is 34.1 Å². The molecule has 0 spiro atoms. The van der Waals surface area contributed by atoms with Crippen molar-refractivity contribution >= 4 is 51.8 Å². The number of anilines is 6. The second kappa shape index (κ2) is 19.0. The highest BCUT2D eigenvalue weighted by atomic mass is 16.5. The van der Waals surface area contributed by atoms with Crippen molar-refractivity contribution in [2.24, 2.45) is 0 Å². The Morgan fingerprint density at radius 2 is 0.842 bits per heavy atom. The van der Waals surface area contributed by atoms with Gasteiger partial charge in [0, 0.05) is 58.3 Å². The monoisotopic (exact) mass is 754 g/mol. The molecule has 0 saturated carbocycles. The number of ether oxygens (including phenoxy) is 2. The maximum atomic E-state index is 12.8. The van der Waals surface area contributed by atoms with Gasteiger partial charge in [0.25, 0.3) is 0 Å². The van der Waals surface area contributed by atoms with Gasteiger partial charge in [0.2, 0.25) is 0 Å². The number of esters is 2. The summed E-state index contributed by atoms with van der Waals surface area (Å²) in [7, 11) is 0. The van der Waals surface area contributed by atoms with Gasteiger partial charge in [-0.2, -0.15) is 0 Å². The summed E-state index contributed by atoms with van der Waals surface area (Å²) in [5.41, 5.74) is 12.3. The molecule has 0 radical (unpaired) electrons. The van der Waals surface area contributed by atoms with Crippen LogP contribution in [0.1, 0.15) is 39.9 Å². The molecule has 6 rings (SSSR count). The second-order valence-electron chi connectivity index (χ2n) is 13.7. The number of carbonyl (C=O) groups excluding carboxylic acids is 3. The van der Waals surface area contributed by atoms with Gasteiger partial charge in [-0.05, 0) is 128 Å². The zero-order chi connectivity index (χ0) is 40.1. The number of ketones is 1. The largest absolute Gasteiger partial charge is 0.463 e. The van der Waals surface area contributed by atoms with Gasteiger partial charge in [0.05, 0.1) is 13.2 Å². The van der Waals surface area contributed by atoms with E-state index in [9.17, 15) is 14.4 Å². The fourth-order valence-electron chi connectivity index (χ4n) is 6.45. The topological polar surface area (TPSA) is 76.2 Å². The molecular formula is C50H46N2O5. The number of rotatable bonds is 17. The zero-order valence-corrected chi connectivity index (χ0v) is 32.4. The highest BCUT2D eigenvalue weighted by Gasteiger charge is 2.16. The summed E-state index contributed by atoms with van der Waals surface area (Å²) >= 11 is 0. The molecule has 7 heteroatoms. The molecule has 6 aromatic carbocycles. The lowest BCUT2D eigenvalue weighted by molar-refractivity contribution is -0.138. The third-order valence-corrected chi connectivity index (χ3v) is 9.57. The van der Waals surface area contributed by atoms with E-state index in [-0.39, 0.29) is 18.8 Å². The van der Waals surface area contributed by atoms with Crippen LogP contribution in [0.2, 0.25) is 0 Å². The average Bonchev–Trinajstić information content (AvgIpc) is 3.25. The zero-order valence-electron chi connectivity index (χ0n) is 32.4. The minimum Gasteiger partial charge on any atom is -0.463 e. The quantitative estimate of drug-likeness (QED) is 0.0397. The highest BCUT2D eigenvalue weighted by molar-refractivity contribution is 5.97. The molecule has 0 saturated heterocycles. The van der Waals surface area contributed by atoms with E-state index >= 15 is 0 Å². The Hall–Kier alpha value is -6.99. The Morgan fingerprint density at radius 3 is 1.25 bits per heavy atom. The molecule has 0 N–H and O–H groups in total. The molecule has 7 nitrogen and oxygen atoms in total. The molecule has 0 amide bonds. The summed E-state index contributed by atoms with van der Waals surface area (Å²) in [6.45, 7) is 11.4. The van der Waals surface area contributed by atoms with Crippen LogP contribution in [0.25, 0.3) is 11.1 Å². The van der Waals surface area contributed by atoms with E-state index in [1.54, 1.807) is 0 Å². The van der Waals surface area contributed by atoms with Crippen molar-refractivity contribution in [1.29, 1.82) is 0 Å². The van der Waals surface area contributed by atoms with Gasteiger partial charge in [-0.3, -0.25) is 4.79 Å². The lowest BCUT2D eigenvalue weighted by atomic mass is 10.0. The van der Waals surface area contributed by atoms with Crippen LogP contribution in [0.5, 0.6) is 0 Å². The summed E-state index contributed by atoms with van der Waals surface area (Å²) in [5.74, 6) is -1.05. The van der Waals surface area contributed by atoms with Crippen LogP contribution in [0.3, 0.4) is 0 Å². The highest BCUT2D eigenvalue weighted by Crippen LogP contribution is 2.38. The molecule has 0 fully saturated rings. The Kier molecular flexibility index (Phi) is 13.3. The lowest BCUT2D eigenvalue weighted by Gasteiger charge is -2.26. The van der Waals surface area contributed by atoms with E-state index in [0.29, 0.717) is 12.2 Å². The summed E-state index contributed by atoms with van der Waals surface area (Å²) in [6.07, 6.45) is 3.91. The van der Waals surface area contributed by atoms with Crippen molar-refractivity contribution in [3.8, 4) is 11.1 Å². The molecular weight excluding hydrogens is 709 g/mol. The van der Waals surface area contributed by atoms with Gasteiger partial charge in [-0.15, -0.1) is 0 Å². The molecule has 0 aliphatic rings. The molecule has 6 aromatic rings. The fourth-order valence-corrected chi connectivity index (χ4v) is 6.45. The Bertz CT molecular complexity index is 2300. The van der Waals surface area contributed by atoms with Crippen molar-refractivity contribution < 1.29 is 23.9 Å². The number of carbonyl (C=O) groups is 3. The average molecular weight is 755 g/mol. The van der Waals surface area contributed by atoms with E-state index in [1.165, 1.54) is 17.2 Å². The molecule has 0 aromatic heterocycles. The summed E-state index contributed by atoms with van der Waals surface area (Å²) in [5, 5.41) is 0. The predicted octanol–water partition coefficient (Wildman–Crippen LogP) is 11.9. The molecule has 57 heavy (non-hydrogen) atoms. The van der Waals surface area contributed by atoms with Crippen LogP contribution in [0.15, 0.2) is 171 Å². The van der Waals surface area contributed by atoms with Gasteiger partial charge in [0.15, 0.2) is 5.78 Å². The van der Waals surface area contributed by atoms with Crippen molar-refractivity contribution in [2.75, 3.05) is 23.0 Å². The van der Waals surface area contributed by atoms with Crippen LogP contribution in [-0.2, 0) is 25.5 Å². The molecule has 0 heterocycles. The number of Topliss-reactive ketones (excluding diaryl/α,β-unsaturated/α-hetero) is 1. The van der Waals surface area contributed by atoms with E-state index in [1.807, 2.05) is 24.3 Å². The minimum atomic E-state index is -0.544. The van der Waals surface area contributed by atoms with Gasteiger partial charge in [-0.1, -0.05) is 84.9 Å².